The molecule has 96 valence electrons. The molecule has 6 heteroatoms. The Morgan fingerprint density at radius 2 is 2.00 bits per heavy atom. The molecule has 0 atom stereocenters. The molecular formula is C12H14N2O3S. The quantitative estimate of drug-likeness (QED) is 0.865. The maximum Gasteiger partial charge on any atom is 0.242 e. The zero-order valence-corrected chi connectivity index (χ0v) is 10.7. The molecule has 0 radical (unpaired) electrons. The summed E-state index contributed by atoms with van der Waals surface area (Å²) in [4.78, 5) is 0.232. The maximum absolute atomic E-state index is 12.1. The Morgan fingerprint density at radius 3 is 2.67 bits per heavy atom. The van der Waals surface area contributed by atoms with Gasteiger partial charge >= 0.3 is 0 Å². The first-order chi connectivity index (χ1) is 8.63. The van der Waals surface area contributed by atoms with Gasteiger partial charge in [0.2, 0.25) is 10.0 Å². The first-order valence-corrected chi connectivity index (χ1v) is 6.89. The van der Waals surface area contributed by atoms with E-state index < -0.39 is 10.0 Å². The molecule has 0 bridgehead atoms. The van der Waals surface area contributed by atoms with Gasteiger partial charge in [-0.3, -0.25) is 0 Å². The number of furan rings is 1. The lowest BCUT2D eigenvalue weighted by Crippen LogP contribution is -2.23. The summed E-state index contributed by atoms with van der Waals surface area (Å²) < 4.78 is 31.7. The van der Waals surface area contributed by atoms with E-state index in [0.717, 1.165) is 5.56 Å². The lowest BCUT2D eigenvalue weighted by Gasteiger charge is -2.10. The first kappa shape index (κ1) is 12.7. The van der Waals surface area contributed by atoms with Gasteiger partial charge in [-0.1, -0.05) is 12.1 Å². The molecule has 2 aromatic rings. The Morgan fingerprint density at radius 1 is 1.22 bits per heavy atom. The fourth-order valence-corrected chi connectivity index (χ4v) is 2.79. The summed E-state index contributed by atoms with van der Waals surface area (Å²) in [6.07, 6.45) is 3.01. The summed E-state index contributed by atoms with van der Waals surface area (Å²) >= 11 is 0. The van der Waals surface area contributed by atoms with Crippen molar-refractivity contribution in [1.82, 2.24) is 4.72 Å². The van der Waals surface area contributed by atoms with Crippen LogP contribution in [0.4, 0.5) is 5.69 Å². The van der Waals surface area contributed by atoms with Crippen molar-refractivity contribution in [2.45, 2.75) is 11.4 Å². The third kappa shape index (κ3) is 2.72. The molecule has 0 aliphatic carbocycles. The van der Waals surface area contributed by atoms with Crippen LogP contribution in [0.3, 0.4) is 0 Å². The van der Waals surface area contributed by atoms with Gasteiger partial charge < -0.3 is 9.73 Å². The molecule has 1 aromatic heterocycles. The average molecular weight is 266 g/mol. The van der Waals surface area contributed by atoms with Gasteiger partial charge in [0, 0.05) is 19.2 Å². The summed E-state index contributed by atoms with van der Waals surface area (Å²) in [5, 5.41) is 2.86. The lowest BCUT2D eigenvalue weighted by molar-refractivity contribution is 0.561. The monoisotopic (exact) mass is 266 g/mol. The highest BCUT2D eigenvalue weighted by Crippen LogP contribution is 2.20. The van der Waals surface area contributed by atoms with E-state index >= 15 is 0 Å². The van der Waals surface area contributed by atoms with Crippen LogP contribution in [-0.2, 0) is 16.6 Å². The Bertz CT molecular complexity index is 606. The van der Waals surface area contributed by atoms with Crippen molar-refractivity contribution in [2.24, 2.45) is 0 Å². The summed E-state index contributed by atoms with van der Waals surface area (Å²) in [7, 11) is -1.85. The molecule has 0 saturated carbocycles. The highest BCUT2D eigenvalue weighted by Gasteiger charge is 2.17. The molecule has 2 N–H and O–H groups in total. The second-order valence-corrected chi connectivity index (χ2v) is 5.44. The van der Waals surface area contributed by atoms with Gasteiger partial charge in [0.1, 0.15) is 4.90 Å². The molecular weight excluding hydrogens is 252 g/mol. The first-order valence-electron chi connectivity index (χ1n) is 5.41. The lowest BCUT2D eigenvalue weighted by atomic mass is 10.3. The summed E-state index contributed by atoms with van der Waals surface area (Å²) in [5.41, 5.74) is 1.35. The average Bonchev–Trinajstić information content (AvgIpc) is 2.89. The van der Waals surface area contributed by atoms with E-state index in [9.17, 15) is 8.42 Å². The van der Waals surface area contributed by atoms with Gasteiger partial charge in [-0.25, -0.2) is 13.1 Å². The molecule has 0 amide bonds. The van der Waals surface area contributed by atoms with Crippen LogP contribution in [0.25, 0.3) is 0 Å². The minimum absolute atomic E-state index is 0.205. The fourth-order valence-electron chi connectivity index (χ4n) is 1.56. The van der Waals surface area contributed by atoms with Gasteiger partial charge in [-0.05, 0) is 18.2 Å². The minimum Gasteiger partial charge on any atom is -0.472 e. The van der Waals surface area contributed by atoms with E-state index in [2.05, 4.69) is 10.0 Å². The molecule has 18 heavy (non-hydrogen) atoms. The number of sulfonamides is 1. The summed E-state index contributed by atoms with van der Waals surface area (Å²) in [6.45, 7) is 0.205. The van der Waals surface area contributed by atoms with Gasteiger partial charge in [0.25, 0.3) is 0 Å². The largest absolute Gasteiger partial charge is 0.472 e. The van der Waals surface area contributed by atoms with E-state index in [4.69, 9.17) is 4.42 Å². The van der Waals surface area contributed by atoms with Crippen LogP contribution in [-0.4, -0.2) is 15.5 Å². The topological polar surface area (TPSA) is 71.3 Å². The Balaban J connectivity index is 2.20. The van der Waals surface area contributed by atoms with Crippen LogP contribution in [0.2, 0.25) is 0 Å². The van der Waals surface area contributed by atoms with Crippen molar-refractivity contribution in [3.63, 3.8) is 0 Å². The molecule has 0 aliphatic heterocycles. The van der Waals surface area contributed by atoms with E-state index in [1.165, 1.54) is 12.5 Å². The summed E-state index contributed by atoms with van der Waals surface area (Å²) in [6, 6.07) is 8.45. The van der Waals surface area contributed by atoms with Crippen LogP contribution in [0.15, 0.2) is 52.2 Å². The van der Waals surface area contributed by atoms with Crippen LogP contribution in [0.5, 0.6) is 0 Å². The van der Waals surface area contributed by atoms with E-state index in [-0.39, 0.29) is 11.4 Å². The Hall–Kier alpha value is -1.79. The molecule has 1 aromatic carbocycles. The SMILES string of the molecule is CNc1ccccc1S(=O)(=O)NCc1ccoc1. The molecule has 0 saturated heterocycles. The van der Waals surface area contributed by atoms with Crippen molar-refractivity contribution in [1.29, 1.82) is 0 Å². The Labute approximate surface area is 106 Å². The van der Waals surface area contributed by atoms with Crippen LogP contribution >= 0.6 is 0 Å². The molecule has 0 fully saturated rings. The van der Waals surface area contributed by atoms with Crippen molar-refractivity contribution >= 4 is 15.7 Å². The maximum atomic E-state index is 12.1. The van der Waals surface area contributed by atoms with Gasteiger partial charge in [0.05, 0.1) is 18.2 Å². The van der Waals surface area contributed by atoms with Crippen molar-refractivity contribution < 1.29 is 12.8 Å². The molecule has 5 nitrogen and oxygen atoms in total. The van der Waals surface area contributed by atoms with Crippen LogP contribution < -0.4 is 10.0 Å². The van der Waals surface area contributed by atoms with Crippen molar-refractivity contribution in [3.8, 4) is 0 Å². The third-order valence-corrected chi connectivity index (χ3v) is 3.95. The number of benzene rings is 1. The van der Waals surface area contributed by atoms with Crippen LogP contribution in [0, 0.1) is 0 Å². The summed E-state index contributed by atoms with van der Waals surface area (Å²) in [5.74, 6) is 0. The van der Waals surface area contributed by atoms with Gasteiger partial charge in [0.15, 0.2) is 0 Å². The van der Waals surface area contributed by atoms with E-state index in [0.29, 0.717) is 5.69 Å². The molecule has 2 rings (SSSR count). The molecule has 0 unspecified atom stereocenters. The van der Waals surface area contributed by atoms with E-state index in [1.807, 2.05) is 0 Å². The molecule has 1 heterocycles. The minimum atomic E-state index is -3.53. The number of rotatable bonds is 5. The zero-order chi connectivity index (χ0) is 13.0. The number of anilines is 1. The van der Waals surface area contributed by atoms with E-state index in [1.54, 1.807) is 37.4 Å². The highest BCUT2D eigenvalue weighted by molar-refractivity contribution is 7.89. The smallest absolute Gasteiger partial charge is 0.242 e. The second-order valence-electron chi connectivity index (χ2n) is 3.70. The molecule has 0 aliphatic rings. The van der Waals surface area contributed by atoms with Crippen LogP contribution in [0.1, 0.15) is 5.56 Å². The number of nitrogens with one attached hydrogen (secondary N) is 2. The predicted molar refractivity (Wildman–Crippen MR) is 68.7 cm³/mol. The van der Waals surface area contributed by atoms with Crippen molar-refractivity contribution in [3.05, 3.63) is 48.4 Å². The third-order valence-electron chi connectivity index (χ3n) is 2.49. The number of hydrogen-bond acceptors (Lipinski definition) is 4. The number of para-hydroxylation sites is 1. The standard InChI is InChI=1S/C12H14N2O3S/c1-13-11-4-2-3-5-12(11)18(15,16)14-8-10-6-7-17-9-10/h2-7,9,13-14H,8H2,1H3. The van der Waals surface area contributed by atoms with Gasteiger partial charge in [-0.2, -0.15) is 0 Å². The van der Waals surface area contributed by atoms with Gasteiger partial charge in [-0.15, -0.1) is 0 Å². The number of hydrogen-bond donors (Lipinski definition) is 2. The zero-order valence-electron chi connectivity index (χ0n) is 9.88. The molecule has 0 spiro atoms. The highest BCUT2D eigenvalue weighted by atomic mass is 32.2. The Kier molecular flexibility index (Phi) is 3.69. The fraction of sp³-hybridized carbons (Fsp3) is 0.167. The van der Waals surface area contributed by atoms with Crippen molar-refractivity contribution in [2.75, 3.05) is 12.4 Å². The predicted octanol–water partition coefficient (Wildman–Crippen LogP) is 1.80. The second kappa shape index (κ2) is 5.24. The normalized spacial score (nSPS) is 11.4.